The van der Waals surface area contributed by atoms with Gasteiger partial charge in [-0.05, 0) is 27.0 Å². The van der Waals surface area contributed by atoms with Crippen molar-refractivity contribution in [2.75, 3.05) is 13.6 Å². The Labute approximate surface area is 152 Å². The van der Waals surface area contributed by atoms with Crippen LogP contribution in [0.25, 0.3) is 22.4 Å². The average molecular weight is 361 g/mol. The fourth-order valence-corrected chi connectivity index (χ4v) is 2.47. The van der Waals surface area contributed by atoms with Crippen molar-refractivity contribution in [3.63, 3.8) is 0 Å². The number of nitrogens with one attached hydrogen (secondary N) is 2. The number of carbonyl (C=O) groups excluding carboxylic acids is 1. The summed E-state index contributed by atoms with van der Waals surface area (Å²) in [5.74, 6) is -0.159. The van der Waals surface area contributed by atoms with E-state index in [-0.39, 0.29) is 24.4 Å². The van der Waals surface area contributed by atoms with E-state index in [1.807, 2.05) is 51.2 Å². The number of aryl methyl sites for hydroxylation is 1. The third kappa shape index (κ3) is 3.97. The van der Waals surface area contributed by atoms with Crippen LogP contribution >= 0.6 is 12.4 Å². The molecule has 0 radical (unpaired) electrons. The monoisotopic (exact) mass is 360 g/mol. The number of rotatable bonds is 5. The molecule has 132 valence electrons. The molecule has 1 unspecified atom stereocenters. The third-order valence-corrected chi connectivity index (χ3v) is 3.99. The van der Waals surface area contributed by atoms with Crippen LogP contribution in [0.3, 0.4) is 0 Å². The van der Waals surface area contributed by atoms with Gasteiger partial charge in [0.05, 0.1) is 22.3 Å². The van der Waals surface area contributed by atoms with E-state index < -0.39 is 0 Å². The molecule has 2 heterocycles. The van der Waals surface area contributed by atoms with Gasteiger partial charge in [0, 0.05) is 18.2 Å². The number of amides is 1. The quantitative estimate of drug-likeness (QED) is 0.731. The molecule has 0 saturated heterocycles. The number of carbonyl (C=O) groups is 1. The lowest BCUT2D eigenvalue weighted by Crippen LogP contribution is -2.37. The number of aromatic nitrogens is 2. The first-order valence-corrected chi connectivity index (χ1v) is 7.88. The Hall–Kier alpha value is -2.44. The zero-order valence-corrected chi connectivity index (χ0v) is 15.2. The first-order valence-electron chi connectivity index (χ1n) is 7.88. The van der Waals surface area contributed by atoms with Crippen LogP contribution in [0.5, 0.6) is 0 Å². The van der Waals surface area contributed by atoms with Gasteiger partial charge in [-0.1, -0.05) is 35.5 Å². The summed E-state index contributed by atoms with van der Waals surface area (Å²) in [7, 11) is 1.86. The molecule has 1 aromatic carbocycles. The lowest BCUT2D eigenvalue weighted by Gasteiger charge is -2.12. The highest BCUT2D eigenvalue weighted by Crippen LogP contribution is 2.26. The summed E-state index contributed by atoms with van der Waals surface area (Å²) in [6.45, 7) is 4.34. The summed E-state index contributed by atoms with van der Waals surface area (Å²) in [5.41, 5.74) is 3.17. The highest BCUT2D eigenvalue weighted by Gasteiger charge is 2.19. The van der Waals surface area contributed by atoms with Gasteiger partial charge in [-0.15, -0.1) is 12.4 Å². The molecule has 3 rings (SSSR count). The molecule has 25 heavy (non-hydrogen) atoms. The second-order valence-electron chi connectivity index (χ2n) is 5.77. The van der Waals surface area contributed by atoms with Gasteiger partial charge in [-0.2, -0.15) is 0 Å². The highest BCUT2D eigenvalue weighted by atomic mass is 35.5. The van der Waals surface area contributed by atoms with Crippen molar-refractivity contribution in [3.8, 4) is 11.3 Å². The number of benzene rings is 1. The molecule has 2 aromatic heterocycles. The fourth-order valence-electron chi connectivity index (χ4n) is 2.47. The van der Waals surface area contributed by atoms with Crippen molar-refractivity contribution >= 4 is 29.4 Å². The van der Waals surface area contributed by atoms with Gasteiger partial charge in [0.25, 0.3) is 11.6 Å². The fraction of sp³-hybridized carbons (Fsp3) is 0.278. The van der Waals surface area contributed by atoms with E-state index >= 15 is 0 Å². The summed E-state index contributed by atoms with van der Waals surface area (Å²) < 4.78 is 5.29. The van der Waals surface area contributed by atoms with Crippen LogP contribution < -0.4 is 10.6 Å². The predicted molar refractivity (Wildman–Crippen MR) is 100 cm³/mol. The lowest BCUT2D eigenvalue weighted by atomic mass is 10.1. The Morgan fingerprint density at radius 3 is 2.68 bits per heavy atom. The number of hydrogen-bond acceptors (Lipinski definition) is 5. The van der Waals surface area contributed by atoms with Crippen LogP contribution in [0.2, 0.25) is 0 Å². The molecule has 0 bridgehead atoms. The zero-order valence-electron chi connectivity index (χ0n) is 14.4. The predicted octanol–water partition coefficient (Wildman–Crippen LogP) is 2.96. The smallest absolute Gasteiger partial charge is 0.259 e. The highest BCUT2D eigenvalue weighted by molar-refractivity contribution is 6.07. The van der Waals surface area contributed by atoms with Crippen molar-refractivity contribution in [1.82, 2.24) is 20.8 Å². The van der Waals surface area contributed by atoms with Gasteiger partial charge in [0.15, 0.2) is 0 Å². The number of likely N-dealkylation sites (N-methyl/N-ethyl adjacent to an activating group) is 1. The van der Waals surface area contributed by atoms with E-state index in [9.17, 15) is 4.79 Å². The second-order valence-corrected chi connectivity index (χ2v) is 5.77. The van der Waals surface area contributed by atoms with Crippen molar-refractivity contribution in [3.05, 3.63) is 47.7 Å². The van der Waals surface area contributed by atoms with Crippen LogP contribution in [0, 0.1) is 6.92 Å². The minimum Gasteiger partial charge on any atom is -0.350 e. The Balaban J connectivity index is 0.00000225. The molecule has 0 aliphatic carbocycles. The molecule has 0 spiro atoms. The van der Waals surface area contributed by atoms with E-state index in [4.69, 9.17) is 4.52 Å². The van der Waals surface area contributed by atoms with E-state index in [0.717, 1.165) is 5.56 Å². The molecule has 1 amide bonds. The van der Waals surface area contributed by atoms with Crippen LogP contribution in [0.15, 0.2) is 40.9 Å². The molecule has 0 fully saturated rings. The molecule has 1 atom stereocenters. The largest absolute Gasteiger partial charge is 0.350 e. The summed E-state index contributed by atoms with van der Waals surface area (Å²) >= 11 is 0. The number of nitrogens with zero attached hydrogens (tertiary/aromatic N) is 2. The van der Waals surface area contributed by atoms with E-state index in [1.54, 1.807) is 6.07 Å². The number of fused-ring (bicyclic) bond motifs is 1. The van der Waals surface area contributed by atoms with E-state index in [0.29, 0.717) is 34.6 Å². The summed E-state index contributed by atoms with van der Waals surface area (Å²) in [6, 6.07) is 11.7. The van der Waals surface area contributed by atoms with Crippen molar-refractivity contribution < 1.29 is 9.32 Å². The molecule has 0 aliphatic rings. The van der Waals surface area contributed by atoms with Crippen LogP contribution in [-0.4, -0.2) is 35.7 Å². The molecule has 7 heteroatoms. The maximum atomic E-state index is 12.7. The van der Waals surface area contributed by atoms with Gasteiger partial charge in [0.1, 0.15) is 0 Å². The molecule has 2 N–H and O–H groups in total. The molecule has 0 aliphatic heterocycles. The number of pyridine rings is 1. The Kier molecular flexibility index (Phi) is 6.12. The van der Waals surface area contributed by atoms with Crippen LogP contribution in [-0.2, 0) is 0 Å². The SMILES string of the molecule is CNC(C)CNC(=O)c1cc(-c2ccccc2)nc2onc(C)c12.Cl. The van der Waals surface area contributed by atoms with Gasteiger partial charge in [-0.3, -0.25) is 4.79 Å². The molecule has 3 aromatic rings. The van der Waals surface area contributed by atoms with Gasteiger partial charge in [0.2, 0.25) is 0 Å². The summed E-state index contributed by atoms with van der Waals surface area (Å²) in [4.78, 5) is 17.2. The molecule has 0 saturated carbocycles. The Bertz CT molecular complexity index is 864. The second kappa shape index (κ2) is 8.09. The Morgan fingerprint density at radius 2 is 2.00 bits per heavy atom. The number of hydrogen-bond donors (Lipinski definition) is 2. The first kappa shape index (κ1) is 18.9. The van der Waals surface area contributed by atoms with Gasteiger partial charge >= 0.3 is 0 Å². The summed E-state index contributed by atoms with van der Waals surface area (Å²) in [6.07, 6.45) is 0. The number of halogens is 1. The average Bonchev–Trinajstić information content (AvgIpc) is 3.00. The van der Waals surface area contributed by atoms with Crippen molar-refractivity contribution in [1.29, 1.82) is 0 Å². The van der Waals surface area contributed by atoms with E-state index in [1.165, 1.54) is 0 Å². The van der Waals surface area contributed by atoms with Crippen LogP contribution in [0.4, 0.5) is 0 Å². The topological polar surface area (TPSA) is 80.0 Å². The minimum absolute atomic E-state index is 0. The first-order chi connectivity index (χ1) is 11.6. The van der Waals surface area contributed by atoms with E-state index in [2.05, 4.69) is 20.8 Å². The van der Waals surface area contributed by atoms with Crippen molar-refractivity contribution in [2.24, 2.45) is 0 Å². The van der Waals surface area contributed by atoms with Gasteiger partial charge in [-0.25, -0.2) is 4.98 Å². The van der Waals surface area contributed by atoms with Crippen molar-refractivity contribution in [2.45, 2.75) is 19.9 Å². The lowest BCUT2D eigenvalue weighted by molar-refractivity contribution is 0.0952. The standard InChI is InChI=1S/C18H20N4O2.ClH/c1-11(19-3)10-20-17(23)14-9-15(13-7-5-4-6-8-13)21-18-16(14)12(2)22-24-18;/h4-9,11,19H,10H2,1-3H3,(H,20,23);1H. The third-order valence-electron chi connectivity index (χ3n) is 3.99. The maximum absolute atomic E-state index is 12.7. The van der Waals surface area contributed by atoms with Gasteiger partial charge < -0.3 is 15.2 Å². The molecule has 6 nitrogen and oxygen atoms in total. The molecular weight excluding hydrogens is 340 g/mol. The maximum Gasteiger partial charge on any atom is 0.259 e. The minimum atomic E-state index is -0.159. The van der Waals surface area contributed by atoms with Crippen LogP contribution in [0.1, 0.15) is 23.0 Å². The summed E-state index contributed by atoms with van der Waals surface area (Å²) in [5, 5.41) is 10.6. The normalized spacial score (nSPS) is 11.8. The molecular formula is C18H21ClN4O2. The zero-order chi connectivity index (χ0) is 17.1. The Morgan fingerprint density at radius 1 is 1.28 bits per heavy atom.